The second-order valence-electron chi connectivity index (χ2n) is 3.90. The van der Waals surface area contributed by atoms with Gasteiger partial charge in [-0.15, -0.1) is 0 Å². The molecule has 7 heteroatoms. The molecule has 1 rings (SSSR count). The highest BCUT2D eigenvalue weighted by Gasteiger charge is 2.14. The highest BCUT2D eigenvalue weighted by atomic mass is 79.9. The molecule has 1 aromatic rings. The van der Waals surface area contributed by atoms with Gasteiger partial charge in [-0.2, -0.15) is 0 Å². The predicted octanol–water partition coefficient (Wildman–Crippen LogP) is 1.74. The molecular weight excluding hydrogens is 332 g/mol. The van der Waals surface area contributed by atoms with Crippen LogP contribution in [0.3, 0.4) is 0 Å². The van der Waals surface area contributed by atoms with Crippen molar-refractivity contribution in [3.05, 3.63) is 22.7 Å². The quantitative estimate of drug-likeness (QED) is 0.700. The number of hydrogen-bond acceptors (Lipinski definition) is 4. The molecule has 19 heavy (non-hydrogen) atoms. The van der Waals surface area contributed by atoms with Gasteiger partial charge in [-0.1, -0.05) is 6.92 Å². The maximum atomic E-state index is 12.0. The second-order valence-corrected chi connectivity index (χ2v) is 6.52. The summed E-state index contributed by atoms with van der Waals surface area (Å²) in [4.78, 5) is 0.226. The van der Waals surface area contributed by atoms with E-state index in [9.17, 15) is 8.42 Å². The largest absolute Gasteiger partial charge is 0.496 e. The number of rotatable bonds is 8. The normalized spacial score (nSPS) is 11.5. The van der Waals surface area contributed by atoms with Crippen LogP contribution in [0, 0.1) is 0 Å². The zero-order valence-corrected chi connectivity index (χ0v) is 13.5. The lowest BCUT2D eigenvalue weighted by Crippen LogP contribution is -2.27. The lowest BCUT2D eigenvalue weighted by molar-refractivity contribution is 0.411. The van der Waals surface area contributed by atoms with E-state index in [-0.39, 0.29) is 4.90 Å². The van der Waals surface area contributed by atoms with E-state index in [2.05, 4.69) is 26.0 Å². The molecule has 1 aromatic carbocycles. The van der Waals surface area contributed by atoms with Crippen molar-refractivity contribution in [3.63, 3.8) is 0 Å². The Kier molecular flexibility index (Phi) is 6.78. The summed E-state index contributed by atoms with van der Waals surface area (Å²) in [6.07, 6.45) is 0.754. The molecule has 108 valence electrons. The summed E-state index contributed by atoms with van der Waals surface area (Å²) in [6.45, 7) is 4.11. The standard InChI is InChI=1S/C12H19BrN2O3S/c1-3-14-7-4-8-15-19(16,17)10-5-6-12(18-2)11(13)9-10/h5-6,9,14-15H,3-4,7-8H2,1-2H3. The smallest absolute Gasteiger partial charge is 0.240 e. The number of hydrogen-bond donors (Lipinski definition) is 2. The Labute approximate surface area is 122 Å². The minimum atomic E-state index is -3.46. The molecule has 0 saturated heterocycles. The first-order chi connectivity index (χ1) is 9.01. The molecule has 0 bridgehead atoms. The summed E-state index contributed by atoms with van der Waals surface area (Å²) in [5, 5.41) is 3.14. The minimum Gasteiger partial charge on any atom is -0.496 e. The minimum absolute atomic E-state index is 0.226. The van der Waals surface area contributed by atoms with Gasteiger partial charge in [0.1, 0.15) is 5.75 Å². The Bertz CT molecular complexity index is 506. The van der Waals surface area contributed by atoms with Crippen LogP contribution >= 0.6 is 15.9 Å². The van der Waals surface area contributed by atoms with E-state index < -0.39 is 10.0 Å². The first kappa shape index (κ1) is 16.4. The summed E-state index contributed by atoms with van der Waals surface area (Å²) in [6, 6.07) is 4.68. The fourth-order valence-corrected chi connectivity index (χ4v) is 3.29. The van der Waals surface area contributed by atoms with Gasteiger partial charge in [-0.05, 0) is 53.6 Å². The maximum Gasteiger partial charge on any atom is 0.240 e. The van der Waals surface area contributed by atoms with Gasteiger partial charge in [0.2, 0.25) is 10.0 Å². The molecule has 0 saturated carbocycles. The van der Waals surface area contributed by atoms with Crippen molar-refractivity contribution in [1.82, 2.24) is 10.0 Å². The van der Waals surface area contributed by atoms with Crippen LogP contribution in [0.15, 0.2) is 27.6 Å². The van der Waals surface area contributed by atoms with Crippen molar-refractivity contribution in [3.8, 4) is 5.75 Å². The van der Waals surface area contributed by atoms with Crippen molar-refractivity contribution >= 4 is 26.0 Å². The molecule has 0 aromatic heterocycles. The second kappa shape index (κ2) is 7.84. The third kappa shape index (κ3) is 5.10. The number of sulfonamides is 1. The summed E-state index contributed by atoms with van der Waals surface area (Å²) < 4.78 is 32.3. The van der Waals surface area contributed by atoms with Crippen molar-refractivity contribution in [1.29, 1.82) is 0 Å². The first-order valence-electron chi connectivity index (χ1n) is 6.05. The third-order valence-electron chi connectivity index (χ3n) is 2.51. The van der Waals surface area contributed by atoms with Gasteiger partial charge < -0.3 is 10.1 Å². The molecular formula is C12H19BrN2O3S. The van der Waals surface area contributed by atoms with E-state index in [1.165, 1.54) is 19.2 Å². The molecule has 0 aliphatic rings. The average molecular weight is 351 g/mol. The molecule has 0 atom stereocenters. The van der Waals surface area contributed by atoms with E-state index in [0.717, 1.165) is 19.5 Å². The zero-order chi connectivity index (χ0) is 14.3. The Hall–Kier alpha value is -0.630. The van der Waals surface area contributed by atoms with Gasteiger partial charge >= 0.3 is 0 Å². The summed E-state index contributed by atoms with van der Waals surface area (Å²) in [5.74, 6) is 0.603. The number of methoxy groups -OCH3 is 1. The van der Waals surface area contributed by atoms with Crippen molar-refractivity contribution in [2.24, 2.45) is 0 Å². The Balaban J connectivity index is 2.64. The van der Waals surface area contributed by atoms with Crippen LogP contribution in [0.4, 0.5) is 0 Å². The van der Waals surface area contributed by atoms with Gasteiger partial charge in [0.25, 0.3) is 0 Å². The number of benzene rings is 1. The van der Waals surface area contributed by atoms with Crippen molar-refractivity contribution < 1.29 is 13.2 Å². The zero-order valence-electron chi connectivity index (χ0n) is 11.1. The average Bonchev–Trinajstić information content (AvgIpc) is 2.38. The SMILES string of the molecule is CCNCCCNS(=O)(=O)c1ccc(OC)c(Br)c1. The molecule has 0 fully saturated rings. The Morgan fingerprint density at radius 2 is 2.05 bits per heavy atom. The summed E-state index contributed by atoms with van der Waals surface area (Å²) in [5.41, 5.74) is 0. The van der Waals surface area contributed by atoms with Gasteiger partial charge in [0.15, 0.2) is 0 Å². The van der Waals surface area contributed by atoms with Crippen LogP contribution in [0.25, 0.3) is 0 Å². The maximum absolute atomic E-state index is 12.0. The highest BCUT2D eigenvalue weighted by molar-refractivity contribution is 9.10. The van der Waals surface area contributed by atoms with E-state index >= 15 is 0 Å². The van der Waals surface area contributed by atoms with Crippen LogP contribution in [0.5, 0.6) is 5.75 Å². The van der Waals surface area contributed by atoms with Crippen LogP contribution in [0.2, 0.25) is 0 Å². The molecule has 0 spiro atoms. The molecule has 0 unspecified atom stereocenters. The van der Waals surface area contributed by atoms with Gasteiger partial charge in [-0.25, -0.2) is 13.1 Å². The first-order valence-corrected chi connectivity index (χ1v) is 8.32. The number of halogens is 1. The molecule has 0 radical (unpaired) electrons. The lowest BCUT2D eigenvalue weighted by Gasteiger charge is -2.09. The summed E-state index contributed by atoms with van der Waals surface area (Å²) >= 11 is 3.27. The van der Waals surface area contributed by atoms with E-state index in [1.807, 2.05) is 6.92 Å². The van der Waals surface area contributed by atoms with Gasteiger partial charge in [-0.3, -0.25) is 0 Å². The fraction of sp³-hybridized carbons (Fsp3) is 0.500. The number of ether oxygens (including phenoxy) is 1. The molecule has 0 amide bonds. The fourth-order valence-electron chi connectivity index (χ4n) is 1.49. The van der Waals surface area contributed by atoms with E-state index in [1.54, 1.807) is 6.07 Å². The number of nitrogens with one attached hydrogen (secondary N) is 2. The molecule has 2 N–H and O–H groups in total. The van der Waals surface area contributed by atoms with Crippen molar-refractivity contribution in [2.45, 2.75) is 18.2 Å². The van der Waals surface area contributed by atoms with E-state index in [4.69, 9.17) is 4.74 Å². The van der Waals surface area contributed by atoms with Gasteiger partial charge in [0, 0.05) is 6.54 Å². The molecule has 0 heterocycles. The Morgan fingerprint density at radius 1 is 1.32 bits per heavy atom. The Morgan fingerprint density at radius 3 is 2.63 bits per heavy atom. The van der Waals surface area contributed by atoms with Crippen LogP contribution in [-0.2, 0) is 10.0 Å². The van der Waals surface area contributed by atoms with Crippen molar-refractivity contribution in [2.75, 3.05) is 26.7 Å². The van der Waals surface area contributed by atoms with Crippen LogP contribution in [0.1, 0.15) is 13.3 Å². The lowest BCUT2D eigenvalue weighted by atomic mass is 10.3. The summed E-state index contributed by atoms with van der Waals surface area (Å²) in [7, 11) is -1.92. The molecule has 5 nitrogen and oxygen atoms in total. The highest BCUT2D eigenvalue weighted by Crippen LogP contribution is 2.27. The predicted molar refractivity (Wildman–Crippen MR) is 79.0 cm³/mol. The third-order valence-corrected chi connectivity index (χ3v) is 4.58. The monoisotopic (exact) mass is 350 g/mol. The van der Waals surface area contributed by atoms with Gasteiger partial charge in [0.05, 0.1) is 16.5 Å². The van der Waals surface area contributed by atoms with E-state index in [0.29, 0.717) is 16.8 Å². The molecule has 0 aliphatic heterocycles. The topological polar surface area (TPSA) is 67.4 Å². The van der Waals surface area contributed by atoms with Crippen LogP contribution in [-0.4, -0.2) is 35.2 Å². The van der Waals surface area contributed by atoms with Crippen LogP contribution < -0.4 is 14.8 Å². The molecule has 0 aliphatic carbocycles.